The largest absolute Gasteiger partial charge is 0.348 e. The van der Waals surface area contributed by atoms with Crippen molar-refractivity contribution in [3.63, 3.8) is 0 Å². The van der Waals surface area contributed by atoms with Gasteiger partial charge in [-0.3, -0.25) is 4.98 Å². The molecule has 3 aromatic heterocycles. The Bertz CT molecular complexity index is 972. The van der Waals surface area contributed by atoms with Gasteiger partial charge in [0.2, 0.25) is 5.82 Å². The highest BCUT2D eigenvalue weighted by Crippen LogP contribution is 2.17. The smallest absolute Gasteiger partial charge is 0.305 e. The second kappa shape index (κ2) is 3.95. The first-order valence-corrected chi connectivity index (χ1v) is 5.97. The summed E-state index contributed by atoms with van der Waals surface area (Å²) in [5, 5.41) is 5.02. The van der Waals surface area contributed by atoms with Gasteiger partial charge in [0.25, 0.3) is 0 Å². The fourth-order valence-corrected chi connectivity index (χ4v) is 2.11. The van der Waals surface area contributed by atoms with Gasteiger partial charge in [-0.25, -0.2) is 14.8 Å². The van der Waals surface area contributed by atoms with E-state index in [2.05, 4.69) is 25.0 Å². The lowest BCUT2D eigenvalue weighted by Gasteiger charge is -1.97. The minimum Gasteiger partial charge on any atom is -0.305 e. The first-order valence-electron chi connectivity index (χ1n) is 5.97. The summed E-state index contributed by atoms with van der Waals surface area (Å²) in [5.41, 5.74) is 1.43. The summed E-state index contributed by atoms with van der Waals surface area (Å²) in [6, 6.07) is 7.45. The van der Waals surface area contributed by atoms with Crippen molar-refractivity contribution in [1.82, 2.24) is 29.5 Å². The summed E-state index contributed by atoms with van der Waals surface area (Å²) < 4.78 is 1.24. The normalized spacial score (nSPS) is 11.2. The molecule has 0 unspecified atom stereocenters. The number of fused-ring (bicyclic) bond motifs is 3. The number of hydrogen-bond donors (Lipinski definition) is 1. The maximum Gasteiger partial charge on any atom is 0.348 e. The highest BCUT2D eigenvalue weighted by molar-refractivity contribution is 5.91. The van der Waals surface area contributed by atoms with E-state index in [9.17, 15) is 4.79 Å². The first-order chi connectivity index (χ1) is 9.83. The van der Waals surface area contributed by atoms with Gasteiger partial charge in [-0.1, -0.05) is 12.1 Å². The number of nitrogens with one attached hydrogen (secondary N) is 1. The first kappa shape index (κ1) is 10.8. The van der Waals surface area contributed by atoms with Crippen molar-refractivity contribution in [3.05, 3.63) is 53.3 Å². The van der Waals surface area contributed by atoms with Crippen molar-refractivity contribution in [3.8, 4) is 11.5 Å². The summed E-state index contributed by atoms with van der Waals surface area (Å²) >= 11 is 0. The van der Waals surface area contributed by atoms with Gasteiger partial charge in [0.15, 0.2) is 5.65 Å². The Balaban J connectivity index is 2.11. The Kier molecular flexibility index (Phi) is 2.13. The number of aromatic amines is 1. The van der Waals surface area contributed by atoms with Crippen molar-refractivity contribution in [2.24, 2.45) is 0 Å². The molecule has 0 spiro atoms. The molecule has 1 aromatic carbocycles. The molecule has 0 aliphatic carbocycles. The summed E-state index contributed by atoms with van der Waals surface area (Å²) in [4.78, 5) is 27.3. The van der Waals surface area contributed by atoms with Crippen molar-refractivity contribution < 1.29 is 0 Å². The molecule has 0 aliphatic rings. The maximum atomic E-state index is 12.0. The third kappa shape index (κ3) is 1.50. The Morgan fingerprint density at radius 2 is 2.05 bits per heavy atom. The predicted octanol–water partition coefficient (Wildman–Crippen LogP) is 1.03. The van der Waals surface area contributed by atoms with Gasteiger partial charge in [0, 0.05) is 17.8 Å². The van der Waals surface area contributed by atoms with E-state index in [4.69, 9.17) is 0 Å². The zero-order valence-electron chi connectivity index (χ0n) is 10.2. The number of para-hydroxylation sites is 1. The molecule has 0 amide bonds. The Hall–Kier alpha value is -3.09. The number of rotatable bonds is 1. The minimum absolute atomic E-state index is 0.332. The molecule has 1 N–H and O–H groups in total. The molecule has 7 nitrogen and oxygen atoms in total. The summed E-state index contributed by atoms with van der Waals surface area (Å²) in [6.45, 7) is 0. The summed E-state index contributed by atoms with van der Waals surface area (Å²) in [6.07, 6.45) is 4.69. The SMILES string of the molecule is O=c1[nH]c2ccccc2c2nc(-c3cnccn3)nn12. The van der Waals surface area contributed by atoms with Gasteiger partial charge in [0.1, 0.15) is 5.69 Å². The van der Waals surface area contributed by atoms with Crippen LogP contribution in [0.2, 0.25) is 0 Å². The lowest BCUT2D eigenvalue weighted by molar-refractivity contribution is 0.882. The van der Waals surface area contributed by atoms with Crippen LogP contribution in [0.25, 0.3) is 28.1 Å². The van der Waals surface area contributed by atoms with Crippen molar-refractivity contribution in [2.45, 2.75) is 0 Å². The third-order valence-electron chi connectivity index (χ3n) is 3.00. The van der Waals surface area contributed by atoms with E-state index in [1.165, 1.54) is 4.52 Å². The molecule has 0 radical (unpaired) electrons. The highest BCUT2D eigenvalue weighted by Gasteiger charge is 2.12. The molecule has 0 saturated carbocycles. The molecule has 96 valence electrons. The van der Waals surface area contributed by atoms with Crippen LogP contribution in [-0.2, 0) is 0 Å². The molecule has 0 bridgehead atoms. The average molecular weight is 264 g/mol. The van der Waals surface area contributed by atoms with Crippen molar-refractivity contribution in [1.29, 1.82) is 0 Å². The minimum atomic E-state index is -0.332. The molecule has 7 heteroatoms. The molecule has 4 rings (SSSR count). The summed E-state index contributed by atoms with van der Waals surface area (Å²) in [7, 11) is 0. The van der Waals surface area contributed by atoms with Gasteiger partial charge in [-0.05, 0) is 12.1 Å². The molecular formula is C13H8N6O. The molecule has 0 fully saturated rings. The van der Waals surface area contributed by atoms with Crippen LogP contribution in [0.3, 0.4) is 0 Å². The molecule has 20 heavy (non-hydrogen) atoms. The van der Waals surface area contributed by atoms with Crippen LogP contribution in [0.4, 0.5) is 0 Å². The molecule has 0 atom stereocenters. The van der Waals surface area contributed by atoms with E-state index in [1.807, 2.05) is 24.3 Å². The van der Waals surface area contributed by atoms with Crippen molar-refractivity contribution >= 4 is 16.6 Å². The predicted molar refractivity (Wildman–Crippen MR) is 72.1 cm³/mol. The highest BCUT2D eigenvalue weighted by atomic mass is 16.1. The van der Waals surface area contributed by atoms with Crippen LogP contribution in [0.5, 0.6) is 0 Å². The average Bonchev–Trinajstić information content (AvgIpc) is 2.94. The second-order valence-corrected chi connectivity index (χ2v) is 4.24. The standard InChI is InChI=1S/C13H8N6O/c20-13-16-9-4-2-1-3-8(9)12-17-11(18-19(12)13)10-7-14-5-6-15-10/h1-7H,(H,16,20). The Labute approximate surface area is 112 Å². The number of nitrogens with zero attached hydrogens (tertiary/aromatic N) is 5. The molecule has 3 heterocycles. The fourth-order valence-electron chi connectivity index (χ4n) is 2.11. The van der Waals surface area contributed by atoms with Gasteiger partial charge in [0.05, 0.1) is 11.7 Å². The van der Waals surface area contributed by atoms with Gasteiger partial charge < -0.3 is 4.98 Å². The van der Waals surface area contributed by atoms with Crippen LogP contribution >= 0.6 is 0 Å². The number of benzene rings is 1. The van der Waals surface area contributed by atoms with E-state index in [1.54, 1.807) is 18.6 Å². The summed E-state index contributed by atoms with van der Waals surface area (Å²) in [5.74, 6) is 0.375. The van der Waals surface area contributed by atoms with E-state index >= 15 is 0 Å². The quantitative estimate of drug-likeness (QED) is 0.554. The van der Waals surface area contributed by atoms with Crippen LogP contribution in [0.15, 0.2) is 47.7 Å². The molecule has 4 aromatic rings. The molecule has 0 saturated heterocycles. The van der Waals surface area contributed by atoms with Crippen LogP contribution in [-0.4, -0.2) is 29.5 Å². The van der Waals surface area contributed by atoms with E-state index < -0.39 is 0 Å². The number of H-pyrrole nitrogens is 1. The molecular weight excluding hydrogens is 256 g/mol. The number of hydrogen-bond acceptors (Lipinski definition) is 5. The van der Waals surface area contributed by atoms with Crippen LogP contribution < -0.4 is 5.69 Å². The van der Waals surface area contributed by atoms with E-state index in [0.29, 0.717) is 17.2 Å². The maximum absolute atomic E-state index is 12.0. The van der Waals surface area contributed by atoms with Gasteiger partial charge in [-0.15, -0.1) is 5.10 Å². The molecule has 0 aliphatic heterocycles. The van der Waals surface area contributed by atoms with Gasteiger partial charge in [-0.2, -0.15) is 4.52 Å². The zero-order chi connectivity index (χ0) is 13.5. The van der Waals surface area contributed by atoms with Crippen LogP contribution in [0, 0.1) is 0 Å². The van der Waals surface area contributed by atoms with Crippen molar-refractivity contribution in [2.75, 3.05) is 0 Å². The monoisotopic (exact) mass is 264 g/mol. The van der Waals surface area contributed by atoms with Crippen LogP contribution in [0.1, 0.15) is 0 Å². The topological polar surface area (TPSA) is 88.8 Å². The Morgan fingerprint density at radius 1 is 1.15 bits per heavy atom. The second-order valence-electron chi connectivity index (χ2n) is 4.24. The lowest BCUT2D eigenvalue weighted by atomic mass is 10.2. The Morgan fingerprint density at radius 3 is 2.90 bits per heavy atom. The fraction of sp³-hybridized carbons (Fsp3) is 0. The third-order valence-corrected chi connectivity index (χ3v) is 3.00. The van der Waals surface area contributed by atoms with Gasteiger partial charge >= 0.3 is 5.69 Å². The zero-order valence-corrected chi connectivity index (χ0v) is 10.2. The van der Waals surface area contributed by atoms with E-state index in [0.717, 1.165) is 10.9 Å². The van der Waals surface area contributed by atoms with E-state index in [-0.39, 0.29) is 5.69 Å². The number of aromatic nitrogens is 6. The lowest BCUT2D eigenvalue weighted by Crippen LogP contribution is -2.17.